The fraction of sp³-hybridized carbons (Fsp3) is 0.238. The fourth-order valence-corrected chi connectivity index (χ4v) is 3.34. The molecule has 1 aliphatic carbocycles. The second kappa shape index (κ2) is 7.23. The number of ether oxygens (including phenoxy) is 1. The number of aromatic nitrogens is 2. The van der Waals surface area contributed by atoms with Crippen molar-refractivity contribution in [2.24, 2.45) is 0 Å². The van der Waals surface area contributed by atoms with Gasteiger partial charge in [0.25, 0.3) is 0 Å². The van der Waals surface area contributed by atoms with Gasteiger partial charge in [-0.1, -0.05) is 0 Å². The largest absolute Gasteiger partial charge is 0.494 e. The quantitative estimate of drug-likeness (QED) is 0.714. The molecule has 4 rings (SSSR count). The number of nitrogens with one attached hydrogen (secondary N) is 1. The number of anilines is 2. The lowest BCUT2D eigenvalue weighted by Crippen LogP contribution is -2.13. The number of rotatable bonds is 5. The zero-order chi connectivity index (χ0) is 18.8. The number of benzene rings is 2. The lowest BCUT2D eigenvalue weighted by Gasteiger charge is -2.13. The molecule has 6 heteroatoms. The Kier molecular flexibility index (Phi) is 4.62. The Bertz CT molecular complexity index is 962. The minimum Gasteiger partial charge on any atom is -0.494 e. The van der Waals surface area contributed by atoms with E-state index in [1.54, 1.807) is 16.8 Å². The van der Waals surface area contributed by atoms with Gasteiger partial charge in [0.05, 0.1) is 23.6 Å². The van der Waals surface area contributed by atoms with Gasteiger partial charge in [-0.2, -0.15) is 0 Å². The van der Waals surface area contributed by atoms with E-state index in [9.17, 15) is 9.18 Å². The number of carbonyl (C=O) groups excluding carboxylic acids is 1. The Hall–Kier alpha value is -3.15. The molecule has 0 atom stereocenters. The third kappa shape index (κ3) is 3.43. The van der Waals surface area contributed by atoms with Gasteiger partial charge in [-0.05, 0) is 68.3 Å². The van der Waals surface area contributed by atoms with Gasteiger partial charge >= 0.3 is 0 Å². The maximum Gasteiger partial charge on any atom is 0.168 e. The summed E-state index contributed by atoms with van der Waals surface area (Å²) in [5.41, 5.74) is 3.05. The van der Waals surface area contributed by atoms with E-state index in [0.717, 1.165) is 35.7 Å². The molecule has 1 heterocycles. The van der Waals surface area contributed by atoms with Crippen molar-refractivity contribution in [1.29, 1.82) is 0 Å². The fourth-order valence-electron chi connectivity index (χ4n) is 3.34. The highest BCUT2D eigenvalue weighted by atomic mass is 19.1. The molecule has 0 aliphatic heterocycles. The molecule has 1 N–H and O–H groups in total. The van der Waals surface area contributed by atoms with Crippen LogP contribution in [0.5, 0.6) is 5.75 Å². The summed E-state index contributed by atoms with van der Waals surface area (Å²) in [5.74, 6) is 1.10. The van der Waals surface area contributed by atoms with Crippen LogP contribution in [-0.4, -0.2) is 22.2 Å². The third-order valence-electron chi connectivity index (χ3n) is 4.58. The topological polar surface area (TPSA) is 56.1 Å². The van der Waals surface area contributed by atoms with Gasteiger partial charge < -0.3 is 10.1 Å². The standard InChI is InChI=1S/C21H20FN3O2/c1-2-27-17-12-8-15(9-13-17)23-21-20-18(4-3-5-19(20)26)25(24-21)16-10-6-14(22)7-11-16/h6-13H,2-5H2,1H3,(H,23,24). The zero-order valence-corrected chi connectivity index (χ0v) is 15.0. The van der Waals surface area contributed by atoms with E-state index in [4.69, 9.17) is 4.74 Å². The maximum atomic E-state index is 13.3. The lowest BCUT2D eigenvalue weighted by atomic mass is 9.95. The molecule has 0 unspecified atom stereocenters. The predicted octanol–water partition coefficient (Wildman–Crippen LogP) is 4.67. The van der Waals surface area contributed by atoms with Crippen LogP contribution in [0.3, 0.4) is 0 Å². The van der Waals surface area contributed by atoms with E-state index in [1.807, 2.05) is 31.2 Å². The van der Waals surface area contributed by atoms with Crippen LogP contribution in [-0.2, 0) is 6.42 Å². The molecule has 0 radical (unpaired) electrons. The van der Waals surface area contributed by atoms with E-state index in [1.165, 1.54) is 12.1 Å². The maximum absolute atomic E-state index is 13.3. The average Bonchev–Trinajstić information content (AvgIpc) is 3.04. The molecule has 1 aliphatic rings. The second-order valence-electron chi connectivity index (χ2n) is 6.42. The molecule has 27 heavy (non-hydrogen) atoms. The summed E-state index contributed by atoms with van der Waals surface area (Å²) in [6.45, 7) is 2.54. The normalized spacial score (nSPS) is 13.3. The van der Waals surface area contributed by atoms with Crippen LogP contribution in [0.1, 0.15) is 35.8 Å². The first-order valence-corrected chi connectivity index (χ1v) is 9.06. The van der Waals surface area contributed by atoms with Crippen LogP contribution in [0, 0.1) is 5.82 Å². The summed E-state index contributed by atoms with van der Waals surface area (Å²) >= 11 is 0. The molecule has 138 valence electrons. The minimum absolute atomic E-state index is 0.0815. The molecule has 0 saturated carbocycles. The summed E-state index contributed by atoms with van der Waals surface area (Å²) in [5, 5.41) is 7.88. The number of halogens is 1. The van der Waals surface area contributed by atoms with E-state index in [-0.39, 0.29) is 11.6 Å². The minimum atomic E-state index is -0.302. The predicted molar refractivity (Wildman–Crippen MR) is 102 cm³/mol. The van der Waals surface area contributed by atoms with Crippen LogP contribution < -0.4 is 10.1 Å². The molecular formula is C21H20FN3O2. The Balaban J connectivity index is 1.72. The zero-order valence-electron chi connectivity index (χ0n) is 15.0. The molecule has 0 spiro atoms. The van der Waals surface area contributed by atoms with Crippen molar-refractivity contribution in [3.05, 3.63) is 65.6 Å². The van der Waals surface area contributed by atoms with Crippen molar-refractivity contribution in [2.45, 2.75) is 26.2 Å². The number of nitrogens with zero attached hydrogens (tertiary/aromatic N) is 2. The highest BCUT2D eigenvalue weighted by Crippen LogP contribution is 2.32. The Morgan fingerprint density at radius 3 is 2.56 bits per heavy atom. The average molecular weight is 365 g/mol. The summed E-state index contributed by atoms with van der Waals surface area (Å²) in [4.78, 5) is 12.6. The van der Waals surface area contributed by atoms with Gasteiger partial charge in [0, 0.05) is 12.1 Å². The van der Waals surface area contributed by atoms with Crippen molar-refractivity contribution in [3.8, 4) is 11.4 Å². The second-order valence-corrected chi connectivity index (χ2v) is 6.42. The van der Waals surface area contributed by atoms with Crippen molar-refractivity contribution < 1.29 is 13.9 Å². The highest BCUT2D eigenvalue weighted by molar-refractivity contribution is 6.03. The molecule has 0 saturated heterocycles. The lowest BCUT2D eigenvalue weighted by molar-refractivity contribution is 0.0973. The van der Waals surface area contributed by atoms with Crippen molar-refractivity contribution >= 4 is 17.3 Å². The number of carbonyl (C=O) groups is 1. The van der Waals surface area contributed by atoms with Gasteiger partial charge in [0.15, 0.2) is 11.6 Å². The summed E-state index contributed by atoms with van der Waals surface area (Å²) in [7, 11) is 0. The third-order valence-corrected chi connectivity index (χ3v) is 4.58. The SMILES string of the molecule is CCOc1ccc(Nc2nn(-c3ccc(F)cc3)c3c2C(=O)CCC3)cc1. The molecule has 3 aromatic rings. The van der Waals surface area contributed by atoms with E-state index in [2.05, 4.69) is 10.4 Å². The van der Waals surface area contributed by atoms with Crippen molar-refractivity contribution in [1.82, 2.24) is 9.78 Å². The first-order chi connectivity index (χ1) is 13.2. The van der Waals surface area contributed by atoms with Crippen LogP contribution in [0.25, 0.3) is 5.69 Å². The van der Waals surface area contributed by atoms with E-state index >= 15 is 0 Å². The summed E-state index contributed by atoms with van der Waals surface area (Å²) in [6.07, 6.45) is 2.07. The van der Waals surface area contributed by atoms with Crippen LogP contribution >= 0.6 is 0 Å². The number of Topliss-reactive ketones (excluding diaryl/α,β-unsaturated/α-hetero) is 1. The van der Waals surface area contributed by atoms with Crippen molar-refractivity contribution in [3.63, 3.8) is 0 Å². The smallest absolute Gasteiger partial charge is 0.168 e. The van der Waals surface area contributed by atoms with Gasteiger partial charge in [0.2, 0.25) is 0 Å². The van der Waals surface area contributed by atoms with Gasteiger partial charge in [-0.15, -0.1) is 5.10 Å². The van der Waals surface area contributed by atoms with Gasteiger partial charge in [-0.25, -0.2) is 9.07 Å². The summed E-state index contributed by atoms with van der Waals surface area (Å²) in [6, 6.07) is 13.7. The van der Waals surface area contributed by atoms with Gasteiger partial charge in [-0.3, -0.25) is 4.79 Å². The number of ketones is 1. The molecular weight excluding hydrogens is 345 g/mol. The molecule has 0 amide bonds. The molecule has 1 aromatic heterocycles. The van der Waals surface area contributed by atoms with Crippen molar-refractivity contribution in [2.75, 3.05) is 11.9 Å². The summed E-state index contributed by atoms with van der Waals surface area (Å²) < 4.78 is 20.5. The molecule has 0 fully saturated rings. The van der Waals surface area contributed by atoms with Crippen LogP contribution in [0.4, 0.5) is 15.9 Å². The number of hydrogen-bond donors (Lipinski definition) is 1. The van der Waals surface area contributed by atoms with E-state index < -0.39 is 0 Å². The van der Waals surface area contributed by atoms with Gasteiger partial charge in [0.1, 0.15) is 11.6 Å². The van der Waals surface area contributed by atoms with Crippen LogP contribution in [0.2, 0.25) is 0 Å². The Labute approximate surface area is 156 Å². The van der Waals surface area contributed by atoms with Crippen LogP contribution in [0.15, 0.2) is 48.5 Å². The molecule has 5 nitrogen and oxygen atoms in total. The molecule has 0 bridgehead atoms. The Morgan fingerprint density at radius 1 is 1.11 bits per heavy atom. The monoisotopic (exact) mass is 365 g/mol. The Morgan fingerprint density at radius 2 is 1.85 bits per heavy atom. The number of hydrogen-bond acceptors (Lipinski definition) is 4. The van der Waals surface area contributed by atoms with E-state index in [0.29, 0.717) is 24.4 Å². The molecule has 2 aromatic carbocycles. The first-order valence-electron chi connectivity index (χ1n) is 9.06. The highest BCUT2D eigenvalue weighted by Gasteiger charge is 2.27. The first kappa shape index (κ1) is 17.3. The number of fused-ring (bicyclic) bond motifs is 1.